The van der Waals surface area contributed by atoms with E-state index < -0.39 is 0 Å². The molecule has 0 saturated carbocycles. The first-order valence-corrected chi connectivity index (χ1v) is 7.68. The molecule has 1 aromatic rings. The van der Waals surface area contributed by atoms with Crippen molar-refractivity contribution in [3.05, 3.63) is 35.9 Å². The number of aliphatic hydroxyl groups excluding tert-OH is 1. The first kappa shape index (κ1) is 15.0. The van der Waals surface area contributed by atoms with E-state index in [0.717, 1.165) is 18.7 Å². The highest BCUT2D eigenvalue weighted by Crippen LogP contribution is 2.27. The third-order valence-corrected chi connectivity index (χ3v) is 4.16. The monoisotopic (exact) mass is 303 g/mol. The van der Waals surface area contributed by atoms with Gasteiger partial charge in [0, 0.05) is 39.1 Å². The number of piperazine rings is 1. The van der Waals surface area contributed by atoms with Gasteiger partial charge in [-0.25, -0.2) is 0 Å². The number of hydrogen-bond donors (Lipinski definition) is 1. The maximum Gasteiger partial charge on any atom is 0.271 e. The topological polar surface area (TPSA) is 65.4 Å². The van der Waals surface area contributed by atoms with Gasteiger partial charge >= 0.3 is 0 Å². The zero-order chi connectivity index (χ0) is 15.4. The highest BCUT2D eigenvalue weighted by Gasteiger charge is 2.31. The Labute approximate surface area is 130 Å². The van der Waals surface area contributed by atoms with E-state index >= 15 is 0 Å². The summed E-state index contributed by atoms with van der Waals surface area (Å²) in [6.45, 7) is 3.77. The summed E-state index contributed by atoms with van der Waals surface area (Å²) in [5, 5.41) is 12.9. The molecule has 1 saturated heterocycles. The highest BCUT2D eigenvalue weighted by atomic mass is 16.6. The van der Waals surface area contributed by atoms with E-state index in [4.69, 9.17) is 9.94 Å². The molecule has 0 aromatic heterocycles. The van der Waals surface area contributed by atoms with Crippen molar-refractivity contribution in [1.82, 2.24) is 9.80 Å². The average Bonchev–Trinajstić information content (AvgIpc) is 3.06. The third kappa shape index (κ3) is 3.28. The van der Waals surface area contributed by atoms with Crippen LogP contribution in [-0.4, -0.2) is 65.9 Å². The highest BCUT2D eigenvalue weighted by molar-refractivity contribution is 6.39. The zero-order valence-corrected chi connectivity index (χ0v) is 12.5. The molecule has 0 bridgehead atoms. The minimum atomic E-state index is -0.157. The molecule has 1 amide bonds. The van der Waals surface area contributed by atoms with Crippen molar-refractivity contribution in [3.8, 4) is 0 Å². The van der Waals surface area contributed by atoms with E-state index in [9.17, 15) is 4.79 Å². The van der Waals surface area contributed by atoms with Crippen LogP contribution in [0.5, 0.6) is 0 Å². The van der Waals surface area contributed by atoms with Crippen LogP contribution >= 0.6 is 0 Å². The fourth-order valence-electron chi connectivity index (χ4n) is 2.85. The molecule has 1 N–H and O–H groups in total. The van der Waals surface area contributed by atoms with E-state index in [1.54, 1.807) is 0 Å². The van der Waals surface area contributed by atoms with Gasteiger partial charge < -0.3 is 14.8 Å². The predicted molar refractivity (Wildman–Crippen MR) is 82.4 cm³/mol. The number of rotatable bonds is 4. The summed E-state index contributed by atoms with van der Waals surface area (Å²) in [4.78, 5) is 21.9. The summed E-state index contributed by atoms with van der Waals surface area (Å²) in [6.07, 6.45) is 0.371. The Morgan fingerprint density at radius 3 is 2.64 bits per heavy atom. The third-order valence-electron chi connectivity index (χ3n) is 4.16. The van der Waals surface area contributed by atoms with Crippen LogP contribution in [0.25, 0.3) is 0 Å². The number of carbonyl (C=O) groups is 1. The zero-order valence-electron chi connectivity index (χ0n) is 12.5. The molecule has 2 heterocycles. The molecule has 0 radical (unpaired) electrons. The summed E-state index contributed by atoms with van der Waals surface area (Å²) < 4.78 is 0. The number of nitrogens with zero attached hydrogens (tertiary/aromatic N) is 3. The number of oxime groups is 1. The molecule has 3 rings (SSSR count). The normalized spacial score (nSPS) is 22.3. The summed E-state index contributed by atoms with van der Waals surface area (Å²) in [6, 6.07) is 9.84. The minimum absolute atomic E-state index is 0.0259. The molecule has 1 fully saturated rings. The van der Waals surface area contributed by atoms with E-state index in [2.05, 4.69) is 10.1 Å². The van der Waals surface area contributed by atoms with Crippen molar-refractivity contribution in [2.24, 2.45) is 5.16 Å². The fourth-order valence-corrected chi connectivity index (χ4v) is 2.85. The lowest BCUT2D eigenvalue weighted by atomic mass is 10.0. The standard InChI is InChI=1S/C16H21N3O3/c20-11-10-18-6-8-19(9-7-18)16(21)14-12-15(22-17-14)13-4-2-1-3-5-13/h1-5,15,20H,6-12H2. The molecular formula is C16H21N3O3. The van der Waals surface area contributed by atoms with Gasteiger partial charge in [-0.2, -0.15) is 0 Å². The van der Waals surface area contributed by atoms with Crippen LogP contribution < -0.4 is 0 Å². The van der Waals surface area contributed by atoms with Gasteiger partial charge in [-0.15, -0.1) is 0 Å². The van der Waals surface area contributed by atoms with Gasteiger partial charge in [0.25, 0.3) is 5.91 Å². The molecule has 1 atom stereocenters. The van der Waals surface area contributed by atoms with Crippen LogP contribution in [0.2, 0.25) is 0 Å². The predicted octanol–water partition coefficient (Wildman–Crippen LogP) is 0.640. The summed E-state index contributed by atoms with van der Waals surface area (Å²) in [5.74, 6) is -0.0259. The number of aliphatic hydroxyl groups is 1. The quantitative estimate of drug-likeness (QED) is 0.886. The molecule has 1 aromatic carbocycles. The maximum atomic E-state index is 12.5. The Hall–Kier alpha value is -1.92. The second-order valence-electron chi connectivity index (χ2n) is 5.60. The van der Waals surface area contributed by atoms with Gasteiger partial charge in [0.2, 0.25) is 0 Å². The number of benzene rings is 1. The molecule has 2 aliphatic rings. The molecule has 0 spiro atoms. The number of amides is 1. The number of carbonyl (C=O) groups excluding carboxylic acids is 1. The Bertz CT molecular complexity index is 539. The molecule has 6 nitrogen and oxygen atoms in total. The summed E-state index contributed by atoms with van der Waals surface area (Å²) in [7, 11) is 0. The SMILES string of the molecule is O=C(C1=NOC(c2ccccc2)C1)N1CCN(CCO)CC1. The van der Waals surface area contributed by atoms with E-state index in [1.807, 2.05) is 35.2 Å². The summed E-state index contributed by atoms with van der Waals surface area (Å²) >= 11 is 0. The second-order valence-corrected chi connectivity index (χ2v) is 5.60. The summed E-state index contributed by atoms with van der Waals surface area (Å²) in [5.41, 5.74) is 1.55. The van der Waals surface area contributed by atoms with Crippen LogP contribution in [0.4, 0.5) is 0 Å². The Kier molecular flexibility index (Phi) is 4.70. The van der Waals surface area contributed by atoms with Gasteiger partial charge in [0.15, 0.2) is 6.10 Å². The molecule has 0 aliphatic carbocycles. The second kappa shape index (κ2) is 6.89. The van der Waals surface area contributed by atoms with E-state index in [-0.39, 0.29) is 18.6 Å². The fraction of sp³-hybridized carbons (Fsp3) is 0.500. The molecule has 22 heavy (non-hydrogen) atoms. The van der Waals surface area contributed by atoms with Crippen LogP contribution in [0.15, 0.2) is 35.5 Å². The lowest BCUT2D eigenvalue weighted by molar-refractivity contribution is -0.125. The van der Waals surface area contributed by atoms with Crippen molar-refractivity contribution in [2.75, 3.05) is 39.3 Å². The largest absolute Gasteiger partial charge is 0.395 e. The van der Waals surface area contributed by atoms with Crippen LogP contribution in [0, 0.1) is 0 Å². The Morgan fingerprint density at radius 1 is 1.23 bits per heavy atom. The Morgan fingerprint density at radius 2 is 1.95 bits per heavy atom. The van der Waals surface area contributed by atoms with E-state index in [1.165, 1.54) is 0 Å². The minimum Gasteiger partial charge on any atom is -0.395 e. The van der Waals surface area contributed by atoms with Crippen molar-refractivity contribution in [3.63, 3.8) is 0 Å². The lowest BCUT2D eigenvalue weighted by Crippen LogP contribution is -2.50. The van der Waals surface area contributed by atoms with Gasteiger partial charge in [-0.3, -0.25) is 9.69 Å². The maximum absolute atomic E-state index is 12.5. The first-order chi connectivity index (χ1) is 10.8. The van der Waals surface area contributed by atoms with Gasteiger partial charge in [-0.1, -0.05) is 35.5 Å². The van der Waals surface area contributed by atoms with Crippen molar-refractivity contribution < 1.29 is 14.7 Å². The van der Waals surface area contributed by atoms with Gasteiger partial charge in [0.05, 0.1) is 6.61 Å². The van der Waals surface area contributed by atoms with Crippen molar-refractivity contribution in [2.45, 2.75) is 12.5 Å². The van der Waals surface area contributed by atoms with Crippen molar-refractivity contribution >= 4 is 11.6 Å². The van der Waals surface area contributed by atoms with Gasteiger partial charge in [-0.05, 0) is 5.56 Å². The Balaban J connectivity index is 1.54. The molecule has 1 unspecified atom stereocenters. The van der Waals surface area contributed by atoms with Crippen LogP contribution in [0.3, 0.4) is 0 Å². The molecule has 6 heteroatoms. The first-order valence-electron chi connectivity index (χ1n) is 7.68. The number of β-amino-alcohol motifs (C(OH)–C–C–N with tert-alkyl or cyclic N) is 1. The molecular weight excluding hydrogens is 282 g/mol. The average molecular weight is 303 g/mol. The van der Waals surface area contributed by atoms with Gasteiger partial charge in [0.1, 0.15) is 5.71 Å². The van der Waals surface area contributed by atoms with Crippen LogP contribution in [-0.2, 0) is 9.63 Å². The van der Waals surface area contributed by atoms with Crippen LogP contribution in [0.1, 0.15) is 18.1 Å². The molecule has 118 valence electrons. The van der Waals surface area contributed by atoms with Crippen molar-refractivity contribution in [1.29, 1.82) is 0 Å². The number of hydrogen-bond acceptors (Lipinski definition) is 5. The molecule has 2 aliphatic heterocycles. The van der Waals surface area contributed by atoms with E-state index in [0.29, 0.717) is 31.8 Å². The smallest absolute Gasteiger partial charge is 0.271 e. The lowest BCUT2D eigenvalue weighted by Gasteiger charge is -2.34.